The third-order valence-corrected chi connectivity index (χ3v) is 3.22. The molecule has 1 atom stereocenters. The first-order chi connectivity index (χ1) is 9.60. The van der Waals surface area contributed by atoms with E-state index in [-0.39, 0.29) is 5.78 Å². The molecule has 0 aliphatic rings. The van der Waals surface area contributed by atoms with Crippen LogP contribution >= 0.6 is 11.6 Å². The lowest BCUT2D eigenvalue weighted by Gasteiger charge is -2.13. The summed E-state index contributed by atoms with van der Waals surface area (Å²) in [4.78, 5) is 16.2. The number of carbonyl (C=O) groups excluding carboxylic acids is 1. The highest BCUT2D eigenvalue weighted by molar-refractivity contribution is 6.30. The van der Waals surface area contributed by atoms with Gasteiger partial charge in [-0.05, 0) is 18.9 Å². The molecule has 2 aromatic rings. The number of ketones is 1. The number of aryl methyl sites for hydroxylation is 1. The molecule has 1 unspecified atom stereocenters. The fourth-order valence-corrected chi connectivity index (χ4v) is 2.02. The van der Waals surface area contributed by atoms with Crippen molar-refractivity contribution in [1.29, 1.82) is 0 Å². The predicted octanol–water partition coefficient (Wildman–Crippen LogP) is 3.95. The minimum atomic E-state index is -0.581. The summed E-state index contributed by atoms with van der Waals surface area (Å²) in [5.41, 5.74) is 1.85. The van der Waals surface area contributed by atoms with Gasteiger partial charge in [-0.25, -0.2) is 0 Å². The van der Waals surface area contributed by atoms with Gasteiger partial charge < -0.3 is 4.74 Å². The Balaban J connectivity index is 2.07. The molecular formula is C16H16ClNO2. The average molecular weight is 290 g/mol. The summed E-state index contributed by atoms with van der Waals surface area (Å²) in [6.07, 6.45) is 3.43. The van der Waals surface area contributed by atoms with Gasteiger partial charge in [0.15, 0.2) is 6.10 Å². The van der Waals surface area contributed by atoms with E-state index in [9.17, 15) is 4.79 Å². The summed E-state index contributed by atoms with van der Waals surface area (Å²) in [7, 11) is 0. The van der Waals surface area contributed by atoms with Crippen molar-refractivity contribution < 1.29 is 9.53 Å². The largest absolute Gasteiger partial charge is 0.481 e. The number of rotatable bonds is 5. The highest BCUT2D eigenvalue weighted by atomic mass is 35.5. The number of benzene rings is 1. The molecule has 0 saturated carbocycles. The molecule has 0 saturated heterocycles. The Morgan fingerprint density at radius 1 is 1.30 bits per heavy atom. The normalized spacial score (nSPS) is 11.9. The van der Waals surface area contributed by atoms with Crippen molar-refractivity contribution in [2.24, 2.45) is 0 Å². The van der Waals surface area contributed by atoms with E-state index in [1.165, 1.54) is 18.0 Å². The standard InChI is InChI=1S/C16H16ClNO2/c1-3-12-4-6-13(7-5-12)16(19)11(2)20-15-8-14(17)9-18-10-15/h4-11H,3H2,1-2H3. The highest BCUT2D eigenvalue weighted by Crippen LogP contribution is 2.18. The van der Waals surface area contributed by atoms with Gasteiger partial charge in [-0.15, -0.1) is 0 Å². The van der Waals surface area contributed by atoms with Crippen LogP contribution in [0.2, 0.25) is 5.02 Å². The van der Waals surface area contributed by atoms with Crippen LogP contribution in [0.25, 0.3) is 0 Å². The quantitative estimate of drug-likeness (QED) is 0.783. The van der Waals surface area contributed by atoms with E-state index in [1.807, 2.05) is 24.3 Å². The van der Waals surface area contributed by atoms with E-state index in [0.717, 1.165) is 6.42 Å². The smallest absolute Gasteiger partial charge is 0.202 e. The number of halogens is 1. The fourth-order valence-electron chi connectivity index (χ4n) is 1.85. The van der Waals surface area contributed by atoms with Crippen LogP contribution in [0.1, 0.15) is 29.8 Å². The molecule has 104 valence electrons. The number of ether oxygens (including phenoxy) is 1. The van der Waals surface area contributed by atoms with E-state index in [2.05, 4.69) is 11.9 Å². The number of pyridine rings is 1. The molecule has 1 heterocycles. The molecule has 0 spiro atoms. The SMILES string of the molecule is CCc1ccc(C(=O)C(C)Oc2cncc(Cl)c2)cc1. The zero-order chi connectivity index (χ0) is 14.5. The monoisotopic (exact) mass is 289 g/mol. The molecule has 3 nitrogen and oxygen atoms in total. The number of Topliss-reactive ketones (excluding diaryl/α,β-unsaturated/α-hetero) is 1. The number of hydrogen-bond donors (Lipinski definition) is 0. The second-order valence-corrected chi connectivity index (χ2v) is 4.95. The van der Waals surface area contributed by atoms with E-state index < -0.39 is 6.10 Å². The summed E-state index contributed by atoms with van der Waals surface area (Å²) in [6, 6.07) is 9.22. The molecule has 0 amide bonds. The number of carbonyl (C=O) groups is 1. The van der Waals surface area contributed by atoms with Crippen molar-refractivity contribution in [2.75, 3.05) is 0 Å². The third-order valence-electron chi connectivity index (χ3n) is 3.01. The first-order valence-electron chi connectivity index (χ1n) is 6.50. The molecule has 1 aromatic carbocycles. The number of hydrogen-bond acceptors (Lipinski definition) is 3. The zero-order valence-electron chi connectivity index (χ0n) is 11.5. The third kappa shape index (κ3) is 3.58. The summed E-state index contributed by atoms with van der Waals surface area (Å²) in [5.74, 6) is 0.427. The molecule has 0 N–H and O–H groups in total. The van der Waals surface area contributed by atoms with E-state index >= 15 is 0 Å². The molecule has 0 aliphatic heterocycles. The van der Waals surface area contributed by atoms with Crippen molar-refractivity contribution in [1.82, 2.24) is 4.98 Å². The lowest BCUT2D eigenvalue weighted by Crippen LogP contribution is -2.23. The van der Waals surface area contributed by atoms with Crippen molar-refractivity contribution in [2.45, 2.75) is 26.4 Å². The average Bonchev–Trinajstić information content (AvgIpc) is 2.46. The molecule has 4 heteroatoms. The van der Waals surface area contributed by atoms with Gasteiger partial charge in [0, 0.05) is 17.8 Å². The second-order valence-electron chi connectivity index (χ2n) is 4.51. The van der Waals surface area contributed by atoms with E-state index in [1.54, 1.807) is 13.0 Å². The Labute approximate surface area is 123 Å². The molecule has 2 rings (SSSR count). The van der Waals surface area contributed by atoms with Crippen LogP contribution in [0, 0.1) is 0 Å². The molecule has 0 radical (unpaired) electrons. The lowest BCUT2D eigenvalue weighted by molar-refractivity contribution is 0.0817. The second kappa shape index (κ2) is 6.53. The fraction of sp³-hybridized carbons (Fsp3) is 0.250. The molecule has 20 heavy (non-hydrogen) atoms. The van der Waals surface area contributed by atoms with Gasteiger partial charge in [0.1, 0.15) is 5.75 Å². The van der Waals surface area contributed by atoms with Crippen LogP contribution in [-0.4, -0.2) is 16.9 Å². The molecule has 1 aromatic heterocycles. The van der Waals surface area contributed by atoms with Gasteiger partial charge in [-0.2, -0.15) is 0 Å². The summed E-state index contributed by atoms with van der Waals surface area (Å²) >= 11 is 5.83. The number of aromatic nitrogens is 1. The lowest BCUT2D eigenvalue weighted by atomic mass is 10.0. The van der Waals surface area contributed by atoms with E-state index in [4.69, 9.17) is 16.3 Å². The maximum Gasteiger partial charge on any atom is 0.202 e. The predicted molar refractivity (Wildman–Crippen MR) is 79.5 cm³/mol. The van der Waals surface area contributed by atoms with Crippen LogP contribution < -0.4 is 4.74 Å². The summed E-state index contributed by atoms with van der Waals surface area (Å²) < 4.78 is 5.57. The van der Waals surface area contributed by atoms with Gasteiger partial charge >= 0.3 is 0 Å². The summed E-state index contributed by atoms with van der Waals surface area (Å²) in [5, 5.41) is 0.481. The molecule has 0 fully saturated rings. The maximum absolute atomic E-state index is 12.3. The molecular weight excluding hydrogens is 274 g/mol. The summed E-state index contributed by atoms with van der Waals surface area (Å²) in [6.45, 7) is 3.80. The molecule has 0 aliphatic carbocycles. The van der Waals surface area contributed by atoms with Crippen LogP contribution in [0.15, 0.2) is 42.7 Å². The molecule has 0 bridgehead atoms. The van der Waals surface area contributed by atoms with Gasteiger partial charge in [-0.1, -0.05) is 42.8 Å². The minimum absolute atomic E-state index is 0.0624. The topological polar surface area (TPSA) is 39.2 Å². The van der Waals surface area contributed by atoms with Gasteiger partial charge in [0.2, 0.25) is 5.78 Å². The van der Waals surface area contributed by atoms with Crippen LogP contribution in [0.5, 0.6) is 5.75 Å². The Bertz CT molecular complexity index is 596. The Morgan fingerprint density at radius 3 is 2.60 bits per heavy atom. The maximum atomic E-state index is 12.3. The van der Waals surface area contributed by atoms with Crippen LogP contribution in [0.3, 0.4) is 0 Å². The Kier molecular flexibility index (Phi) is 4.74. The van der Waals surface area contributed by atoms with Crippen molar-refractivity contribution in [3.63, 3.8) is 0 Å². The zero-order valence-corrected chi connectivity index (χ0v) is 12.2. The van der Waals surface area contributed by atoms with Crippen LogP contribution in [0.4, 0.5) is 0 Å². The van der Waals surface area contributed by atoms with Crippen molar-refractivity contribution in [3.8, 4) is 5.75 Å². The van der Waals surface area contributed by atoms with Gasteiger partial charge in [0.25, 0.3) is 0 Å². The van der Waals surface area contributed by atoms with Gasteiger partial charge in [-0.3, -0.25) is 9.78 Å². The van der Waals surface area contributed by atoms with Crippen molar-refractivity contribution >= 4 is 17.4 Å². The Morgan fingerprint density at radius 2 is 2.00 bits per heavy atom. The minimum Gasteiger partial charge on any atom is -0.481 e. The first-order valence-corrected chi connectivity index (χ1v) is 6.88. The first kappa shape index (κ1) is 14.5. The van der Waals surface area contributed by atoms with E-state index in [0.29, 0.717) is 16.3 Å². The highest BCUT2D eigenvalue weighted by Gasteiger charge is 2.17. The Hall–Kier alpha value is -1.87. The van der Waals surface area contributed by atoms with Crippen molar-refractivity contribution in [3.05, 3.63) is 58.9 Å². The van der Waals surface area contributed by atoms with Gasteiger partial charge in [0.05, 0.1) is 11.2 Å². The number of nitrogens with zero attached hydrogens (tertiary/aromatic N) is 1. The van der Waals surface area contributed by atoms with Crippen LogP contribution in [-0.2, 0) is 6.42 Å².